The van der Waals surface area contributed by atoms with Crippen molar-refractivity contribution in [3.63, 3.8) is 0 Å². The zero-order valence-electron chi connectivity index (χ0n) is 12.6. The van der Waals surface area contributed by atoms with Crippen LogP contribution in [-0.4, -0.2) is 32.4 Å². The van der Waals surface area contributed by atoms with Crippen LogP contribution in [-0.2, 0) is 9.31 Å². The van der Waals surface area contributed by atoms with Gasteiger partial charge in [0, 0.05) is 29.8 Å². The Balaban J connectivity index is 2.41. The van der Waals surface area contributed by atoms with Crippen LogP contribution in [0.25, 0.3) is 0 Å². The summed E-state index contributed by atoms with van der Waals surface area (Å²) in [6, 6.07) is 2.14. The van der Waals surface area contributed by atoms with Gasteiger partial charge >= 0.3 is 7.12 Å². The topological polar surface area (TPSA) is 64.4 Å². The van der Waals surface area contributed by atoms with Crippen LogP contribution in [0.15, 0.2) is 0 Å². The van der Waals surface area contributed by atoms with E-state index in [9.17, 15) is 5.26 Å². The highest BCUT2D eigenvalue weighted by atomic mass is 16.6. The highest BCUT2D eigenvalue weighted by Gasteiger charge is 2.36. The largest absolute Gasteiger partial charge is 0.496 e. The van der Waals surface area contributed by atoms with E-state index >= 15 is 0 Å². The standard InChI is InChI=1S/C14H19BN2O3/c1-9-11(6-16)13(18-5)17-10(2)12(9)15-19-7-14(3,4)8-20-15/h7-8H2,1-5H3. The van der Waals surface area contributed by atoms with Gasteiger partial charge in [-0.3, -0.25) is 0 Å². The molecule has 1 fully saturated rings. The molecule has 5 nitrogen and oxygen atoms in total. The summed E-state index contributed by atoms with van der Waals surface area (Å²) < 4.78 is 16.8. The number of methoxy groups -OCH3 is 1. The summed E-state index contributed by atoms with van der Waals surface area (Å²) in [6.45, 7) is 9.16. The first-order chi connectivity index (χ1) is 9.39. The van der Waals surface area contributed by atoms with Crippen molar-refractivity contribution >= 4 is 12.6 Å². The Hall–Kier alpha value is -1.58. The number of hydrogen-bond donors (Lipinski definition) is 0. The first-order valence-electron chi connectivity index (χ1n) is 6.58. The van der Waals surface area contributed by atoms with E-state index in [1.807, 2.05) is 13.8 Å². The number of aromatic nitrogens is 1. The third-order valence-corrected chi connectivity index (χ3v) is 3.44. The lowest BCUT2D eigenvalue weighted by molar-refractivity contribution is 0.0342. The van der Waals surface area contributed by atoms with Gasteiger partial charge in [-0.1, -0.05) is 13.8 Å². The second-order valence-electron chi connectivity index (χ2n) is 5.85. The molecule has 0 aromatic carbocycles. The first kappa shape index (κ1) is 14.8. The molecule has 0 aliphatic carbocycles. The molecule has 0 radical (unpaired) electrons. The van der Waals surface area contributed by atoms with E-state index in [1.54, 1.807) is 0 Å². The first-order valence-corrected chi connectivity index (χ1v) is 6.58. The minimum atomic E-state index is -0.464. The number of aryl methyl sites for hydroxylation is 1. The maximum absolute atomic E-state index is 9.28. The Kier molecular flexibility index (Phi) is 4.02. The van der Waals surface area contributed by atoms with Gasteiger partial charge < -0.3 is 14.0 Å². The Bertz CT molecular complexity index is 557. The summed E-state index contributed by atoms with van der Waals surface area (Å²) in [7, 11) is 1.05. The van der Waals surface area contributed by atoms with Crippen molar-refractivity contribution in [2.24, 2.45) is 5.41 Å². The maximum atomic E-state index is 9.28. The van der Waals surface area contributed by atoms with E-state index in [2.05, 4.69) is 24.9 Å². The van der Waals surface area contributed by atoms with E-state index < -0.39 is 7.12 Å². The molecule has 20 heavy (non-hydrogen) atoms. The number of ether oxygens (including phenoxy) is 1. The second-order valence-corrected chi connectivity index (χ2v) is 5.85. The third-order valence-electron chi connectivity index (χ3n) is 3.44. The summed E-state index contributed by atoms with van der Waals surface area (Å²) in [6.07, 6.45) is 0. The Morgan fingerprint density at radius 3 is 2.40 bits per heavy atom. The summed E-state index contributed by atoms with van der Waals surface area (Å²) >= 11 is 0. The number of nitriles is 1. The summed E-state index contributed by atoms with van der Waals surface area (Å²) in [4.78, 5) is 4.33. The van der Waals surface area contributed by atoms with Gasteiger partial charge in [0.15, 0.2) is 0 Å². The SMILES string of the molecule is COc1nc(C)c(B2OCC(C)(C)CO2)c(C)c1C#N. The zero-order chi connectivity index (χ0) is 14.9. The molecule has 106 valence electrons. The quantitative estimate of drug-likeness (QED) is 0.761. The van der Waals surface area contributed by atoms with E-state index in [1.165, 1.54) is 7.11 Å². The molecule has 2 rings (SSSR count). The Morgan fingerprint density at radius 1 is 1.30 bits per heavy atom. The minimum absolute atomic E-state index is 0.0102. The van der Waals surface area contributed by atoms with Crippen LogP contribution in [0.3, 0.4) is 0 Å². The van der Waals surface area contributed by atoms with Crippen molar-refractivity contribution in [3.05, 3.63) is 16.8 Å². The smallest absolute Gasteiger partial charge is 0.480 e. The molecule has 1 aromatic heterocycles. The number of hydrogen-bond acceptors (Lipinski definition) is 5. The van der Waals surface area contributed by atoms with Crippen LogP contribution in [0.4, 0.5) is 0 Å². The Morgan fingerprint density at radius 2 is 1.90 bits per heavy atom. The fraction of sp³-hybridized carbons (Fsp3) is 0.571. The molecular weight excluding hydrogens is 255 g/mol. The second kappa shape index (κ2) is 5.43. The summed E-state index contributed by atoms with van der Waals surface area (Å²) in [5.41, 5.74) is 2.85. The summed E-state index contributed by atoms with van der Waals surface area (Å²) in [5, 5.41) is 9.28. The number of rotatable bonds is 2. The van der Waals surface area contributed by atoms with Crippen molar-refractivity contribution in [1.29, 1.82) is 5.26 Å². The third kappa shape index (κ3) is 2.65. The number of nitrogens with zero attached hydrogens (tertiary/aromatic N) is 2. The van der Waals surface area contributed by atoms with Crippen LogP contribution in [0, 0.1) is 30.6 Å². The van der Waals surface area contributed by atoms with Gasteiger partial charge in [-0.2, -0.15) is 5.26 Å². The molecule has 1 aliphatic rings. The van der Waals surface area contributed by atoms with Crippen LogP contribution in [0.5, 0.6) is 5.88 Å². The van der Waals surface area contributed by atoms with Gasteiger partial charge in [0.05, 0.1) is 7.11 Å². The van der Waals surface area contributed by atoms with E-state index in [0.29, 0.717) is 24.7 Å². The average molecular weight is 274 g/mol. The van der Waals surface area contributed by atoms with Crippen molar-refractivity contribution in [1.82, 2.24) is 4.98 Å². The highest BCUT2D eigenvalue weighted by Crippen LogP contribution is 2.24. The predicted molar refractivity (Wildman–Crippen MR) is 76.1 cm³/mol. The van der Waals surface area contributed by atoms with Crippen molar-refractivity contribution in [2.75, 3.05) is 20.3 Å². The normalized spacial score (nSPS) is 17.7. The van der Waals surface area contributed by atoms with Crippen molar-refractivity contribution in [3.8, 4) is 11.9 Å². The molecule has 2 heterocycles. The summed E-state index contributed by atoms with van der Waals surface area (Å²) in [5.74, 6) is 0.349. The molecule has 0 saturated carbocycles. The van der Waals surface area contributed by atoms with Crippen molar-refractivity contribution in [2.45, 2.75) is 27.7 Å². The van der Waals surface area contributed by atoms with Crippen molar-refractivity contribution < 1.29 is 14.0 Å². The zero-order valence-corrected chi connectivity index (χ0v) is 12.6. The number of pyridine rings is 1. The fourth-order valence-corrected chi connectivity index (χ4v) is 2.32. The molecule has 1 aromatic rings. The van der Waals surface area contributed by atoms with Gasteiger partial charge in [0.25, 0.3) is 0 Å². The van der Waals surface area contributed by atoms with E-state index in [4.69, 9.17) is 14.0 Å². The molecule has 0 atom stereocenters. The van der Waals surface area contributed by atoms with Gasteiger partial charge in [0.2, 0.25) is 5.88 Å². The van der Waals surface area contributed by atoms with Crippen LogP contribution >= 0.6 is 0 Å². The lowest BCUT2D eigenvalue weighted by Crippen LogP contribution is -2.49. The van der Waals surface area contributed by atoms with Gasteiger partial charge in [-0.15, -0.1) is 0 Å². The molecule has 0 N–H and O–H groups in total. The van der Waals surface area contributed by atoms with Crippen LogP contribution < -0.4 is 10.2 Å². The predicted octanol–water partition coefficient (Wildman–Crippen LogP) is 1.35. The van der Waals surface area contributed by atoms with Crippen LogP contribution in [0.1, 0.15) is 30.7 Å². The lowest BCUT2D eigenvalue weighted by atomic mass is 9.72. The van der Waals surface area contributed by atoms with E-state index in [-0.39, 0.29) is 5.41 Å². The minimum Gasteiger partial charge on any atom is -0.480 e. The molecule has 0 bridgehead atoms. The fourth-order valence-electron chi connectivity index (χ4n) is 2.32. The molecule has 0 amide bonds. The maximum Gasteiger partial charge on any atom is 0.496 e. The molecule has 6 heteroatoms. The molecule has 1 saturated heterocycles. The molecular formula is C14H19BN2O3. The van der Waals surface area contributed by atoms with E-state index in [0.717, 1.165) is 16.7 Å². The van der Waals surface area contributed by atoms with Gasteiger partial charge in [-0.25, -0.2) is 4.98 Å². The highest BCUT2D eigenvalue weighted by molar-refractivity contribution is 6.62. The van der Waals surface area contributed by atoms with Crippen LogP contribution in [0.2, 0.25) is 0 Å². The lowest BCUT2D eigenvalue weighted by Gasteiger charge is -2.34. The Labute approximate surface area is 120 Å². The molecule has 0 spiro atoms. The monoisotopic (exact) mass is 274 g/mol. The van der Waals surface area contributed by atoms with Gasteiger partial charge in [-0.05, 0) is 19.4 Å². The molecule has 0 unspecified atom stereocenters. The van der Waals surface area contributed by atoms with Gasteiger partial charge in [0.1, 0.15) is 11.6 Å². The molecule has 1 aliphatic heterocycles. The average Bonchev–Trinajstić information content (AvgIpc) is 2.39.